The third-order valence-corrected chi connectivity index (χ3v) is 2.60. The standard InChI is InChI=1S/C11H12N2O3S/c1-8(14)17-6-4-3-5-9-7-12-13-10(9)11(15)16-2/h7H,4,6H2,1-2H3,(H,12,13). The highest BCUT2D eigenvalue weighted by molar-refractivity contribution is 8.13. The predicted molar refractivity (Wildman–Crippen MR) is 64.6 cm³/mol. The van der Waals surface area contributed by atoms with E-state index in [2.05, 4.69) is 26.8 Å². The lowest BCUT2D eigenvalue weighted by Gasteiger charge is -1.94. The number of esters is 1. The number of rotatable bonds is 3. The van der Waals surface area contributed by atoms with Gasteiger partial charge in [0.1, 0.15) is 0 Å². The molecular formula is C11H12N2O3S. The van der Waals surface area contributed by atoms with Crippen LogP contribution in [0.1, 0.15) is 29.4 Å². The lowest BCUT2D eigenvalue weighted by molar-refractivity contribution is -0.109. The number of aromatic nitrogens is 2. The molecule has 0 spiro atoms. The molecule has 1 aromatic rings. The SMILES string of the molecule is COC(=O)c1[nH]ncc1C#CCCSC(C)=O. The van der Waals surface area contributed by atoms with E-state index in [4.69, 9.17) is 0 Å². The van der Waals surface area contributed by atoms with Crippen LogP contribution in [0.25, 0.3) is 0 Å². The maximum Gasteiger partial charge on any atom is 0.357 e. The van der Waals surface area contributed by atoms with Gasteiger partial charge in [0.2, 0.25) is 0 Å². The minimum absolute atomic E-state index is 0.0744. The number of aromatic amines is 1. The summed E-state index contributed by atoms with van der Waals surface area (Å²) in [6, 6.07) is 0. The zero-order chi connectivity index (χ0) is 12.7. The fourth-order valence-corrected chi connectivity index (χ4v) is 1.53. The molecular weight excluding hydrogens is 240 g/mol. The monoisotopic (exact) mass is 252 g/mol. The Hall–Kier alpha value is -1.74. The van der Waals surface area contributed by atoms with Crippen LogP contribution in [-0.4, -0.2) is 34.1 Å². The normalized spacial score (nSPS) is 9.29. The second-order valence-electron chi connectivity index (χ2n) is 3.04. The Morgan fingerprint density at radius 1 is 1.59 bits per heavy atom. The largest absolute Gasteiger partial charge is 0.464 e. The fourth-order valence-electron chi connectivity index (χ4n) is 1.04. The van der Waals surface area contributed by atoms with Crippen LogP contribution in [0.15, 0.2) is 6.20 Å². The zero-order valence-corrected chi connectivity index (χ0v) is 10.4. The summed E-state index contributed by atoms with van der Waals surface area (Å²) in [4.78, 5) is 21.9. The highest BCUT2D eigenvalue weighted by Crippen LogP contribution is 2.05. The van der Waals surface area contributed by atoms with Gasteiger partial charge in [-0.2, -0.15) is 5.10 Å². The second-order valence-corrected chi connectivity index (χ2v) is 4.31. The van der Waals surface area contributed by atoms with Gasteiger partial charge in [-0.1, -0.05) is 23.6 Å². The molecule has 0 saturated heterocycles. The lowest BCUT2D eigenvalue weighted by atomic mass is 10.2. The number of methoxy groups -OCH3 is 1. The molecule has 0 fully saturated rings. The molecule has 0 aromatic carbocycles. The molecule has 6 heteroatoms. The van der Waals surface area contributed by atoms with Crippen LogP contribution in [0.3, 0.4) is 0 Å². The molecule has 1 N–H and O–H groups in total. The summed E-state index contributed by atoms with van der Waals surface area (Å²) in [6.07, 6.45) is 2.05. The van der Waals surface area contributed by atoms with Crippen molar-refractivity contribution < 1.29 is 14.3 Å². The summed E-state index contributed by atoms with van der Waals surface area (Å²) in [5, 5.41) is 6.33. The van der Waals surface area contributed by atoms with E-state index in [1.807, 2.05) is 0 Å². The molecule has 5 nitrogen and oxygen atoms in total. The van der Waals surface area contributed by atoms with E-state index in [1.165, 1.54) is 32.0 Å². The summed E-state index contributed by atoms with van der Waals surface area (Å²) in [6.45, 7) is 1.52. The van der Waals surface area contributed by atoms with Gasteiger partial charge in [0.05, 0.1) is 18.9 Å². The van der Waals surface area contributed by atoms with Gasteiger partial charge in [-0.25, -0.2) is 4.79 Å². The van der Waals surface area contributed by atoms with Gasteiger partial charge < -0.3 is 4.74 Å². The zero-order valence-electron chi connectivity index (χ0n) is 9.57. The van der Waals surface area contributed by atoms with Crippen molar-refractivity contribution in [2.24, 2.45) is 0 Å². The van der Waals surface area contributed by atoms with Gasteiger partial charge in [-0.3, -0.25) is 9.89 Å². The second kappa shape index (κ2) is 6.76. The molecule has 0 aliphatic carbocycles. The maximum atomic E-state index is 11.3. The molecule has 1 heterocycles. The van der Waals surface area contributed by atoms with E-state index in [1.54, 1.807) is 0 Å². The maximum absolute atomic E-state index is 11.3. The molecule has 0 saturated carbocycles. The fraction of sp³-hybridized carbons (Fsp3) is 0.364. The molecule has 0 unspecified atom stereocenters. The van der Waals surface area contributed by atoms with E-state index in [-0.39, 0.29) is 10.8 Å². The first kappa shape index (κ1) is 13.3. The van der Waals surface area contributed by atoms with Crippen LogP contribution in [0, 0.1) is 11.8 Å². The number of thioether (sulfide) groups is 1. The van der Waals surface area contributed by atoms with Crippen LogP contribution in [-0.2, 0) is 9.53 Å². The van der Waals surface area contributed by atoms with E-state index in [0.29, 0.717) is 17.7 Å². The molecule has 0 radical (unpaired) electrons. The highest BCUT2D eigenvalue weighted by Gasteiger charge is 2.11. The van der Waals surface area contributed by atoms with Crippen LogP contribution >= 0.6 is 11.8 Å². The molecule has 1 rings (SSSR count). The van der Waals surface area contributed by atoms with E-state index >= 15 is 0 Å². The van der Waals surface area contributed by atoms with Gasteiger partial charge in [-0.15, -0.1) is 0 Å². The summed E-state index contributed by atoms with van der Waals surface area (Å²) >= 11 is 1.23. The molecule has 0 aliphatic rings. The number of nitrogens with zero attached hydrogens (tertiary/aromatic N) is 1. The molecule has 17 heavy (non-hydrogen) atoms. The Balaban J connectivity index is 2.57. The smallest absolute Gasteiger partial charge is 0.357 e. The average Bonchev–Trinajstić information content (AvgIpc) is 2.75. The van der Waals surface area contributed by atoms with Crippen molar-refractivity contribution in [1.29, 1.82) is 0 Å². The van der Waals surface area contributed by atoms with Gasteiger partial charge in [-0.05, 0) is 0 Å². The number of H-pyrrole nitrogens is 1. The van der Waals surface area contributed by atoms with Crippen LogP contribution in [0.2, 0.25) is 0 Å². The first-order valence-corrected chi connectivity index (χ1v) is 5.87. The van der Waals surface area contributed by atoms with Gasteiger partial charge in [0.15, 0.2) is 10.8 Å². The minimum Gasteiger partial charge on any atom is -0.464 e. The van der Waals surface area contributed by atoms with Crippen molar-refractivity contribution in [3.63, 3.8) is 0 Å². The van der Waals surface area contributed by atoms with Crippen molar-refractivity contribution in [2.45, 2.75) is 13.3 Å². The molecule has 0 bridgehead atoms. The number of hydrogen-bond acceptors (Lipinski definition) is 5. The van der Waals surface area contributed by atoms with Crippen molar-refractivity contribution in [3.8, 4) is 11.8 Å². The lowest BCUT2D eigenvalue weighted by Crippen LogP contribution is -2.03. The minimum atomic E-state index is -0.495. The van der Waals surface area contributed by atoms with Gasteiger partial charge >= 0.3 is 5.97 Å². The number of hydrogen-bond donors (Lipinski definition) is 1. The Morgan fingerprint density at radius 3 is 3.00 bits per heavy atom. The Morgan fingerprint density at radius 2 is 2.35 bits per heavy atom. The molecule has 0 amide bonds. The third kappa shape index (κ3) is 4.33. The summed E-state index contributed by atoms with van der Waals surface area (Å²) < 4.78 is 4.57. The van der Waals surface area contributed by atoms with Crippen LogP contribution in [0.4, 0.5) is 0 Å². The quantitative estimate of drug-likeness (QED) is 0.497. The van der Waals surface area contributed by atoms with E-state index < -0.39 is 5.97 Å². The highest BCUT2D eigenvalue weighted by atomic mass is 32.2. The average molecular weight is 252 g/mol. The first-order valence-electron chi connectivity index (χ1n) is 4.89. The predicted octanol–water partition coefficient (Wildman–Crippen LogP) is 1.22. The van der Waals surface area contributed by atoms with E-state index in [0.717, 1.165) is 0 Å². The summed E-state index contributed by atoms with van der Waals surface area (Å²) in [5.74, 6) is 5.84. The van der Waals surface area contributed by atoms with Crippen molar-refractivity contribution >= 4 is 22.8 Å². The number of carbonyl (C=O) groups excluding carboxylic acids is 2. The summed E-state index contributed by atoms with van der Waals surface area (Å²) in [5.41, 5.74) is 0.754. The van der Waals surface area contributed by atoms with Crippen molar-refractivity contribution in [2.75, 3.05) is 12.9 Å². The number of nitrogens with one attached hydrogen (secondary N) is 1. The van der Waals surface area contributed by atoms with Crippen molar-refractivity contribution in [1.82, 2.24) is 10.2 Å². The van der Waals surface area contributed by atoms with Crippen LogP contribution in [0.5, 0.6) is 0 Å². The molecule has 1 aromatic heterocycles. The Bertz CT molecular complexity index is 471. The molecule has 0 aliphatic heterocycles. The Kier molecular flexibility index (Phi) is 5.30. The van der Waals surface area contributed by atoms with Gasteiger partial charge in [0.25, 0.3) is 0 Å². The number of carbonyl (C=O) groups is 2. The number of ether oxygens (including phenoxy) is 1. The summed E-state index contributed by atoms with van der Waals surface area (Å²) in [7, 11) is 1.30. The molecule has 90 valence electrons. The van der Waals surface area contributed by atoms with Crippen molar-refractivity contribution in [3.05, 3.63) is 17.5 Å². The van der Waals surface area contributed by atoms with Crippen LogP contribution < -0.4 is 0 Å². The van der Waals surface area contributed by atoms with E-state index in [9.17, 15) is 9.59 Å². The third-order valence-electron chi connectivity index (χ3n) is 1.78. The Labute approximate surface area is 103 Å². The first-order chi connectivity index (χ1) is 8.15. The van der Waals surface area contributed by atoms with Gasteiger partial charge in [0, 0.05) is 19.1 Å². The topological polar surface area (TPSA) is 72.1 Å². The molecule has 0 atom stereocenters.